The number of rotatable bonds is 5. The third kappa shape index (κ3) is 7.11. The fraction of sp³-hybridized carbons (Fsp3) is 0.286. The van der Waals surface area contributed by atoms with E-state index < -0.39 is 5.91 Å². The van der Waals surface area contributed by atoms with E-state index >= 15 is 0 Å². The second-order valence-electron chi connectivity index (χ2n) is 8.01. The Labute approximate surface area is 211 Å². The molecular formula is C28H35N3O3S. The zero-order valence-corrected chi connectivity index (χ0v) is 21.4. The van der Waals surface area contributed by atoms with Crippen LogP contribution in [0.15, 0.2) is 71.7 Å². The number of carbonyl (C=O) groups excluding carboxylic acids is 1. The molecule has 0 spiro atoms. The van der Waals surface area contributed by atoms with Gasteiger partial charge in [-0.1, -0.05) is 65.8 Å². The molecule has 4 rings (SSSR count). The largest absolute Gasteiger partial charge is 0.410 e. The normalized spacial score (nSPS) is 14.4. The van der Waals surface area contributed by atoms with Gasteiger partial charge in [0.25, 0.3) is 5.91 Å². The summed E-state index contributed by atoms with van der Waals surface area (Å²) in [4.78, 5) is 11.7. The summed E-state index contributed by atoms with van der Waals surface area (Å²) in [5.41, 5.74) is 11.9. The fourth-order valence-electron chi connectivity index (χ4n) is 4.08. The SMILES string of the molecule is C=C(C)c1ccc(C2CCCc3ccccc32)cc1.CN.CNC(=O)/C(=N/O)c1sccc1CO. The van der Waals surface area contributed by atoms with Crippen LogP contribution in [0.5, 0.6) is 0 Å². The highest BCUT2D eigenvalue weighted by Crippen LogP contribution is 2.36. The molecule has 2 aromatic carbocycles. The van der Waals surface area contributed by atoms with E-state index in [9.17, 15) is 4.79 Å². The van der Waals surface area contributed by atoms with Crippen molar-refractivity contribution in [1.82, 2.24) is 5.32 Å². The number of oxime groups is 1. The number of amides is 1. The molecule has 5 N–H and O–H groups in total. The maximum Gasteiger partial charge on any atom is 0.274 e. The number of hydrogen-bond donors (Lipinski definition) is 4. The summed E-state index contributed by atoms with van der Waals surface area (Å²) in [6.07, 6.45) is 3.80. The monoisotopic (exact) mass is 493 g/mol. The number of aliphatic hydroxyl groups is 1. The number of nitrogens with one attached hydrogen (secondary N) is 1. The number of carbonyl (C=O) groups is 1. The van der Waals surface area contributed by atoms with E-state index in [2.05, 4.69) is 78.2 Å². The first-order valence-electron chi connectivity index (χ1n) is 11.5. The van der Waals surface area contributed by atoms with Gasteiger partial charge in [0.2, 0.25) is 0 Å². The molecule has 1 atom stereocenters. The summed E-state index contributed by atoms with van der Waals surface area (Å²) in [5, 5.41) is 24.6. The average molecular weight is 494 g/mol. The van der Waals surface area contributed by atoms with Gasteiger partial charge in [-0.2, -0.15) is 0 Å². The van der Waals surface area contributed by atoms with E-state index in [1.165, 1.54) is 66.9 Å². The summed E-state index contributed by atoms with van der Waals surface area (Å²) >= 11 is 1.24. The van der Waals surface area contributed by atoms with Crippen molar-refractivity contribution >= 4 is 28.5 Å². The van der Waals surface area contributed by atoms with Gasteiger partial charge >= 0.3 is 0 Å². The molecule has 7 heteroatoms. The second kappa shape index (κ2) is 14.2. The molecule has 1 aliphatic rings. The third-order valence-corrected chi connectivity index (χ3v) is 6.81. The fourth-order valence-corrected chi connectivity index (χ4v) is 4.98. The van der Waals surface area contributed by atoms with Crippen LogP contribution in [0.3, 0.4) is 0 Å². The lowest BCUT2D eigenvalue weighted by Gasteiger charge is -2.26. The Hall–Kier alpha value is -3.26. The summed E-state index contributed by atoms with van der Waals surface area (Å²) in [6.45, 7) is 5.88. The Kier molecular flexibility index (Phi) is 11.4. The quantitative estimate of drug-likeness (QED) is 0.230. The van der Waals surface area contributed by atoms with Crippen LogP contribution in [0.2, 0.25) is 0 Å². The van der Waals surface area contributed by atoms with Gasteiger partial charge in [0.15, 0.2) is 5.71 Å². The van der Waals surface area contributed by atoms with Gasteiger partial charge in [-0.15, -0.1) is 11.3 Å². The molecule has 0 radical (unpaired) electrons. The predicted molar refractivity (Wildman–Crippen MR) is 145 cm³/mol. The van der Waals surface area contributed by atoms with Crippen LogP contribution in [-0.2, 0) is 17.8 Å². The van der Waals surface area contributed by atoms with E-state index in [-0.39, 0.29) is 12.3 Å². The lowest BCUT2D eigenvalue weighted by Crippen LogP contribution is -2.28. The standard InChI is InChI=1S/C19H20.C8H10N2O3S.CH5N/c1-14(2)15-10-12-17(13-11-15)19-9-5-7-16-6-3-4-8-18(16)19;1-9-8(12)6(10-13)7-5(4-11)2-3-14-7;1-2/h3-4,6,8,10-13,19H,1,5,7,9H2,2H3;2-3,11,13H,4H2,1H3,(H,9,12);2H2,1H3/b;10-6+;. The molecule has 1 unspecified atom stereocenters. The number of nitrogens with zero attached hydrogens (tertiary/aromatic N) is 1. The van der Waals surface area contributed by atoms with Crippen LogP contribution in [-0.4, -0.2) is 36.0 Å². The van der Waals surface area contributed by atoms with Gasteiger partial charge in [0.05, 0.1) is 11.5 Å². The first kappa shape index (κ1) is 28.0. The van der Waals surface area contributed by atoms with Crippen LogP contribution in [0, 0.1) is 0 Å². The van der Waals surface area contributed by atoms with Crippen molar-refractivity contribution in [3.05, 3.63) is 99.3 Å². The Morgan fingerprint density at radius 1 is 1.17 bits per heavy atom. The average Bonchev–Trinajstić information content (AvgIpc) is 3.38. The van der Waals surface area contributed by atoms with Crippen molar-refractivity contribution < 1.29 is 15.1 Å². The molecule has 186 valence electrons. The van der Waals surface area contributed by atoms with E-state index in [0.29, 0.717) is 16.4 Å². The van der Waals surface area contributed by atoms with Crippen molar-refractivity contribution in [1.29, 1.82) is 0 Å². The summed E-state index contributed by atoms with van der Waals surface area (Å²) in [5.74, 6) is 0.0915. The maximum absolute atomic E-state index is 11.2. The Morgan fingerprint density at radius 3 is 2.46 bits per heavy atom. The highest BCUT2D eigenvalue weighted by molar-refractivity contribution is 7.13. The van der Waals surface area contributed by atoms with Gasteiger partial charge in [0, 0.05) is 13.0 Å². The third-order valence-electron chi connectivity index (χ3n) is 5.85. The van der Waals surface area contributed by atoms with Crippen LogP contribution in [0.25, 0.3) is 5.57 Å². The Morgan fingerprint density at radius 2 is 1.86 bits per heavy atom. The van der Waals surface area contributed by atoms with Crippen molar-refractivity contribution in [2.75, 3.05) is 14.1 Å². The lowest BCUT2D eigenvalue weighted by molar-refractivity contribution is -0.114. The summed E-state index contributed by atoms with van der Waals surface area (Å²) in [6, 6.07) is 19.5. The predicted octanol–water partition coefficient (Wildman–Crippen LogP) is 4.93. The number of fused-ring (bicyclic) bond motifs is 1. The Bertz CT molecular complexity index is 1140. The van der Waals surface area contributed by atoms with Crippen molar-refractivity contribution in [2.45, 2.75) is 38.7 Å². The molecule has 1 aliphatic carbocycles. The molecule has 35 heavy (non-hydrogen) atoms. The van der Waals surface area contributed by atoms with Gasteiger partial charge < -0.3 is 21.4 Å². The van der Waals surface area contributed by atoms with Crippen LogP contribution in [0.1, 0.15) is 58.4 Å². The molecule has 0 aliphatic heterocycles. The molecule has 0 fully saturated rings. The van der Waals surface area contributed by atoms with Crippen LogP contribution in [0.4, 0.5) is 0 Å². The minimum absolute atomic E-state index is 0.0773. The molecule has 0 saturated heterocycles. The van der Waals surface area contributed by atoms with Gasteiger partial charge in [-0.25, -0.2) is 0 Å². The van der Waals surface area contributed by atoms with Crippen molar-refractivity contribution in [3.63, 3.8) is 0 Å². The maximum atomic E-state index is 11.2. The molecule has 0 bridgehead atoms. The molecule has 1 heterocycles. The minimum atomic E-state index is -0.482. The van der Waals surface area contributed by atoms with E-state index in [1.807, 2.05) is 0 Å². The van der Waals surface area contributed by atoms with Gasteiger partial charge in [-0.3, -0.25) is 4.79 Å². The first-order chi connectivity index (χ1) is 17.0. The molecule has 6 nitrogen and oxygen atoms in total. The number of likely N-dealkylation sites (N-methyl/N-ethyl adjacent to an activating group) is 1. The molecule has 1 aromatic heterocycles. The first-order valence-corrected chi connectivity index (χ1v) is 12.4. The van der Waals surface area contributed by atoms with Crippen molar-refractivity contribution in [2.24, 2.45) is 10.9 Å². The number of hydrogen-bond acceptors (Lipinski definition) is 6. The number of nitrogens with two attached hydrogens (primary N) is 1. The smallest absolute Gasteiger partial charge is 0.274 e. The van der Waals surface area contributed by atoms with Gasteiger partial charge in [-0.05, 0) is 72.5 Å². The minimum Gasteiger partial charge on any atom is -0.410 e. The Balaban J connectivity index is 0.000000241. The number of benzene rings is 2. The molecule has 1 amide bonds. The van der Waals surface area contributed by atoms with E-state index in [4.69, 9.17) is 10.3 Å². The van der Waals surface area contributed by atoms with Crippen LogP contribution >= 0.6 is 11.3 Å². The zero-order chi connectivity index (χ0) is 25.8. The molecule has 0 saturated carbocycles. The second-order valence-corrected chi connectivity index (χ2v) is 8.92. The number of aryl methyl sites for hydroxylation is 1. The number of aliphatic hydroxyl groups excluding tert-OH is 1. The zero-order valence-electron chi connectivity index (χ0n) is 20.6. The van der Waals surface area contributed by atoms with Crippen LogP contribution < -0.4 is 11.1 Å². The van der Waals surface area contributed by atoms with Crippen molar-refractivity contribution in [3.8, 4) is 0 Å². The summed E-state index contributed by atoms with van der Waals surface area (Å²) in [7, 11) is 2.94. The lowest BCUT2D eigenvalue weighted by atomic mass is 9.79. The highest BCUT2D eigenvalue weighted by Gasteiger charge is 2.21. The molecule has 3 aromatic rings. The van der Waals surface area contributed by atoms with Gasteiger partial charge in [0.1, 0.15) is 0 Å². The number of thiophene rings is 1. The topological polar surface area (TPSA) is 108 Å². The van der Waals surface area contributed by atoms with E-state index in [0.717, 1.165) is 5.57 Å². The molecular weight excluding hydrogens is 458 g/mol. The number of allylic oxidation sites excluding steroid dienone is 1. The van der Waals surface area contributed by atoms with E-state index in [1.54, 1.807) is 11.4 Å². The summed E-state index contributed by atoms with van der Waals surface area (Å²) < 4.78 is 0. The highest BCUT2D eigenvalue weighted by atomic mass is 32.1.